The minimum absolute atomic E-state index is 0.733. The van der Waals surface area contributed by atoms with Crippen LogP contribution in [0.25, 0.3) is 0 Å². The molecule has 0 saturated carbocycles. The second kappa shape index (κ2) is 7.42. The largest absolute Gasteiger partial charge is 0.330 e. The number of rotatable bonds is 7. The summed E-state index contributed by atoms with van der Waals surface area (Å²) in [5, 5.41) is 0. The summed E-state index contributed by atoms with van der Waals surface area (Å²) in [4.78, 5) is 0. The quantitative estimate of drug-likeness (QED) is 0.718. The fourth-order valence-electron chi connectivity index (χ4n) is 3.08. The molecule has 0 bridgehead atoms. The Kier molecular flexibility index (Phi) is 5.58. The average molecular weight is 281 g/mol. The summed E-state index contributed by atoms with van der Waals surface area (Å²) in [6.45, 7) is 11.5. The lowest BCUT2D eigenvalue weighted by Crippen LogP contribution is -2.02. The van der Waals surface area contributed by atoms with Gasteiger partial charge >= 0.3 is 0 Å². The molecule has 0 amide bonds. The van der Waals surface area contributed by atoms with Gasteiger partial charge in [-0.15, -0.1) is 0 Å². The second-order valence-corrected chi connectivity index (χ2v) is 5.90. The molecule has 1 nitrogen and oxygen atoms in total. The third kappa shape index (κ3) is 3.95. The monoisotopic (exact) mass is 281 g/mol. The van der Waals surface area contributed by atoms with Gasteiger partial charge in [0, 0.05) is 0 Å². The van der Waals surface area contributed by atoms with Crippen LogP contribution < -0.4 is 5.73 Å². The fraction of sp³-hybridized carbons (Fsp3) is 0.400. The van der Waals surface area contributed by atoms with E-state index in [4.69, 9.17) is 5.73 Å². The molecule has 0 aliphatic heterocycles. The molecule has 0 heterocycles. The van der Waals surface area contributed by atoms with Crippen LogP contribution in [0.4, 0.5) is 0 Å². The van der Waals surface area contributed by atoms with Crippen LogP contribution in [0.15, 0.2) is 59.7 Å². The third-order valence-electron chi connectivity index (χ3n) is 4.42. The highest BCUT2D eigenvalue weighted by Crippen LogP contribution is 2.35. The maximum Gasteiger partial charge on any atom is -0.00258 e. The van der Waals surface area contributed by atoms with Crippen molar-refractivity contribution < 1.29 is 0 Å². The summed E-state index contributed by atoms with van der Waals surface area (Å²) in [5.74, 6) is 0. The molecule has 1 aliphatic carbocycles. The van der Waals surface area contributed by atoms with Gasteiger partial charge in [0.1, 0.15) is 0 Å². The minimum atomic E-state index is 0.733. The van der Waals surface area contributed by atoms with Crippen LogP contribution in [0.1, 0.15) is 43.7 Å². The van der Waals surface area contributed by atoms with E-state index < -0.39 is 0 Å². The molecule has 0 aromatic heterocycles. The molecule has 0 radical (unpaired) electrons. The predicted octanol–water partition coefficient (Wildman–Crippen LogP) is 4.73. The van der Waals surface area contributed by atoms with E-state index in [2.05, 4.69) is 44.3 Å². The summed E-state index contributed by atoms with van der Waals surface area (Å²) in [5.41, 5.74) is 13.6. The number of hydrogen-bond acceptors (Lipinski definition) is 1. The molecule has 1 heteroatoms. The van der Waals surface area contributed by atoms with Crippen LogP contribution in [0.5, 0.6) is 0 Å². The zero-order valence-corrected chi connectivity index (χ0v) is 13.3. The average Bonchev–Trinajstić information content (AvgIpc) is 2.96. The summed E-state index contributed by atoms with van der Waals surface area (Å²) in [6, 6.07) is 8.84. The SMILES string of the molecule is C=C(Cc1ccc(CC)cc1)C(=C)C1=C(CCN)CCC1. The van der Waals surface area contributed by atoms with Crippen molar-refractivity contribution in [3.63, 3.8) is 0 Å². The lowest BCUT2D eigenvalue weighted by Gasteiger charge is -2.13. The molecule has 2 N–H and O–H groups in total. The fourth-order valence-corrected chi connectivity index (χ4v) is 3.08. The molecule has 0 saturated heterocycles. The van der Waals surface area contributed by atoms with Gasteiger partial charge in [0.2, 0.25) is 0 Å². The first-order valence-electron chi connectivity index (χ1n) is 8.02. The molecule has 0 fully saturated rings. The van der Waals surface area contributed by atoms with Crippen LogP contribution >= 0.6 is 0 Å². The van der Waals surface area contributed by atoms with E-state index in [1.165, 1.54) is 35.1 Å². The molecular formula is C20H27N. The van der Waals surface area contributed by atoms with Crippen LogP contribution in [-0.2, 0) is 12.8 Å². The summed E-state index contributed by atoms with van der Waals surface area (Å²) in [7, 11) is 0. The zero-order valence-electron chi connectivity index (χ0n) is 13.3. The van der Waals surface area contributed by atoms with Gasteiger partial charge < -0.3 is 5.73 Å². The van der Waals surface area contributed by atoms with Crippen molar-refractivity contribution >= 4 is 0 Å². The molecule has 21 heavy (non-hydrogen) atoms. The first-order chi connectivity index (χ1) is 10.2. The van der Waals surface area contributed by atoms with E-state index in [0.29, 0.717) is 0 Å². The standard InChI is InChI=1S/C20H27N/c1-4-17-8-10-18(11-9-17)14-15(2)16(3)20-7-5-6-19(20)12-13-21/h8-11H,2-7,12-14,21H2,1H3. The van der Waals surface area contributed by atoms with Crippen LogP contribution in [-0.4, -0.2) is 6.54 Å². The minimum Gasteiger partial charge on any atom is -0.330 e. The summed E-state index contributed by atoms with van der Waals surface area (Å²) < 4.78 is 0. The van der Waals surface area contributed by atoms with Gasteiger partial charge in [0.15, 0.2) is 0 Å². The van der Waals surface area contributed by atoms with Gasteiger partial charge in [0.05, 0.1) is 0 Å². The second-order valence-electron chi connectivity index (χ2n) is 5.90. The first-order valence-corrected chi connectivity index (χ1v) is 8.02. The number of nitrogens with two attached hydrogens (primary N) is 1. The third-order valence-corrected chi connectivity index (χ3v) is 4.42. The Labute approximate surface area is 129 Å². The first kappa shape index (κ1) is 15.8. The van der Waals surface area contributed by atoms with E-state index in [1.54, 1.807) is 0 Å². The predicted molar refractivity (Wildman–Crippen MR) is 92.4 cm³/mol. The van der Waals surface area contributed by atoms with Crippen molar-refractivity contribution in [2.45, 2.75) is 45.4 Å². The van der Waals surface area contributed by atoms with Gasteiger partial charge in [-0.25, -0.2) is 0 Å². The molecule has 1 aromatic rings. The van der Waals surface area contributed by atoms with E-state index in [9.17, 15) is 0 Å². The molecule has 0 atom stereocenters. The van der Waals surface area contributed by atoms with Crippen LogP contribution in [0, 0.1) is 0 Å². The molecule has 1 aromatic carbocycles. The smallest absolute Gasteiger partial charge is 0.00258 e. The van der Waals surface area contributed by atoms with Gasteiger partial charge in [0.25, 0.3) is 0 Å². The van der Waals surface area contributed by atoms with Crippen molar-refractivity contribution in [3.8, 4) is 0 Å². The molecule has 1 aliphatic rings. The lowest BCUT2D eigenvalue weighted by molar-refractivity contribution is 0.849. The Morgan fingerprint density at radius 2 is 1.76 bits per heavy atom. The Balaban J connectivity index is 2.05. The summed E-state index contributed by atoms with van der Waals surface area (Å²) in [6.07, 6.45) is 6.55. The molecule has 0 spiro atoms. The Morgan fingerprint density at radius 1 is 1.10 bits per heavy atom. The van der Waals surface area contributed by atoms with Crippen LogP contribution in [0.3, 0.4) is 0 Å². The van der Waals surface area contributed by atoms with Crippen LogP contribution in [0.2, 0.25) is 0 Å². The van der Waals surface area contributed by atoms with Crippen molar-refractivity contribution in [1.82, 2.24) is 0 Å². The highest BCUT2D eigenvalue weighted by atomic mass is 14.5. The molecule has 112 valence electrons. The molecule has 0 unspecified atom stereocenters. The normalized spacial score (nSPS) is 14.6. The molecular weight excluding hydrogens is 254 g/mol. The number of allylic oxidation sites excluding steroid dienone is 3. The van der Waals surface area contributed by atoms with Crippen molar-refractivity contribution in [1.29, 1.82) is 0 Å². The zero-order chi connectivity index (χ0) is 15.2. The maximum atomic E-state index is 5.71. The lowest BCUT2D eigenvalue weighted by atomic mass is 9.92. The van der Waals surface area contributed by atoms with Gasteiger partial charge in [-0.05, 0) is 72.9 Å². The van der Waals surface area contributed by atoms with Gasteiger partial charge in [-0.3, -0.25) is 0 Å². The number of aryl methyl sites for hydroxylation is 1. The van der Waals surface area contributed by atoms with Crippen molar-refractivity contribution in [3.05, 3.63) is 70.8 Å². The Hall–Kier alpha value is -1.60. The summed E-state index contributed by atoms with van der Waals surface area (Å²) >= 11 is 0. The maximum absolute atomic E-state index is 5.71. The van der Waals surface area contributed by atoms with E-state index in [1.807, 2.05) is 0 Å². The van der Waals surface area contributed by atoms with E-state index >= 15 is 0 Å². The highest BCUT2D eigenvalue weighted by Gasteiger charge is 2.17. The number of benzene rings is 1. The van der Waals surface area contributed by atoms with E-state index in [0.717, 1.165) is 43.4 Å². The van der Waals surface area contributed by atoms with E-state index in [-0.39, 0.29) is 0 Å². The van der Waals surface area contributed by atoms with Gasteiger partial charge in [-0.2, -0.15) is 0 Å². The molecule has 2 rings (SSSR count). The topological polar surface area (TPSA) is 26.0 Å². The van der Waals surface area contributed by atoms with Gasteiger partial charge in [-0.1, -0.05) is 49.9 Å². The number of hydrogen-bond donors (Lipinski definition) is 1. The highest BCUT2D eigenvalue weighted by molar-refractivity contribution is 5.49. The Morgan fingerprint density at radius 3 is 2.38 bits per heavy atom. The Bertz CT molecular complexity index is 546. The van der Waals surface area contributed by atoms with Crippen molar-refractivity contribution in [2.24, 2.45) is 5.73 Å². The van der Waals surface area contributed by atoms with Crippen molar-refractivity contribution in [2.75, 3.05) is 6.54 Å².